The van der Waals surface area contributed by atoms with Crippen molar-refractivity contribution in [3.05, 3.63) is 78.4 Å². The maximum Gasteiger partial charge on any atom is 0.270 e. The average molecular weight is 334 g/mol. The van der Waals surface area contributed by atoms with Crippen molar-refractivity contribution in [2.24, 2.45) is 0 Å². The first-order valence-corrected chi connectivity index (χ1v) is 7.79. The third kappa shape index (κ3) is 4.32. The summed E-state index contributed by atoms with van der Waals surface area (Å²) in [6.07, 6.45) is 5.03. The van der Waals surface area contributed by atoms with E-state index in [9.17, 15) is 4.79 Å². The smallest absolute Gasteiger partial charge is 0.270 e. The number of nitrogens with one attached hydrogen (secondary N) is 2. The number of hydrogen-bond donors (Lipinski definition) is 2. The zero-order valence-corrected chi connectivity index (χ0v) is 13.8. The van der Waals surface area contributed by atoms with E-state index in [2.05, 4.69) is 20.6 Å². The van der Waals surface area contributed by atoms with Gasteiger partial charge in [0, 0.05) is 18.9 Å². The molecule has 0 saturated heterocycles. The van der Waals surface area contributed by atoms with Gasteiger partial charge in [-0.2, -0.15) is 0 Å². The fourth-order valence-corrected chi connectivity index (χ4v) is 2.28. The molecule has 0 aliphatic heterocycles. The first-order valence-electron chi connectivity index (χ1n) is 7.79. The van der Waals surface area contributed by atoms with Gasteiger partial charge in [-0.25, -0.2) is 4.98 Å². The second-order valence-electron chi connectivity index (χ2n) is 5.30. The molecule has 1 amide bonds. The fourth-order valence-electron chi connectivity index (χ4n) is 2.28. The van der Waals surface area contributed by atoms with Crippen molar-refractivity contribution in [3.63, 3.8) is 0 Å². The number of carbonyl (C=O) groups excluding carboxylic acids is 1. The number of benzene rings is 1. The van der Waals surface area contributed by atoms with Gasteiger partial charge in [0.05, 0.1) is 24.7 Å². The highest BCUT2D eigenvalue weighted by Gasteiger charge is 2.08. The Hall–Kier alpha value is -3.41. The van der Waals surface area contributed by atoms with Crippen LogP contribution in [0.3, 0.4) is 0 Å². The highest BCUT2D eigenvalue weighted by molar-refractivity contribution is 5.92. The number of amides is 1. The molecule has 2 heterocycles. The number of ether oxygens (including phenoxy) is 1. The van der Waals surface area contributed by atoms with Crippen LogP contribution in [0.15, 0.2) is 67.1 Å². The number of rotatable bonds is 6. The summed E-state index contributed by atoms with van der Waals surface area (Å²) in [5.41, 5.74) is 2.90. The van der Waals surface area contributed by atoms with E-state index < -0.39 is 0 Å². The number of nitrogens with zero attached hydrogens (tertiary/aromatic N) is 2. The lowest BCUT2D eigenvalue weighted by molar-refractivity contribution is 0.0946. The van der Waals surface area contributed by atoms with E-state index in [1.807, 2.05) is 36.4 Å². The second-order valence-corrected chi connectivity index (χ2v) is 5.30. The lowest BCUT2D eigenvalue weighted by atomic mass is 10.2. The van der Waals surface area contributed by atoms with Gasteiger partial charge in [-0.05, 0) is 35.9 Å². The summed E-state index contributed by atoms with van der Waals surface area (Å²) >= 11 is 0. The number of carbonyl (C=O) groups is 1. The summed E-state index contributed by atoms with van der Waals surface area (Å²) in [5, 5.41) is 6.04. The lowest BCUT2D eigenvalue weighted by Gasteiger charge is -2.11. The molecule has 25 heavy (non-hydrogen) atoms. The molecule has 0 aliphatic rings. The van der Waals surface area contributed by atoms with Crippen molar-refractivity contribution >= 4 is 17.3 Å². The number of pyridine rings is 2. The Morgan fingerprint density at radius 1 is 1.08 bits per heavy atom. The van der Waals surface area contributed by atoms with Gasteiger partial charge in [-0.15, -0.1) is 0 Å². The van der Waals surface area contributed by atoms with Gasteiger partial charge >= 0.3 is 0 Å². The lowest BCUT2D eigenvalue weighted by Crippen LogP contribution is -2.23. The number of hydrogen-bond acceptors (Lipinski definition) is 5. The van der Waals surface area contributed by atoms with Gasteiger partial charge in [-0.1, -0.05) is 18.2 Å². The van der Waals surface area contributed by atoms with Gasteiger partial charge in [0.25, 0.3) is 5.91 Å². The van der Waals surface area contributed by atoms with Crippen molar-refractivity contribution in [1.82, 2.24) is 15.3 Å². The monoisotopic (exact) mass is 334 g/mol. The Balaban J connectivity index is 1.62. The Labute approximate surface area is 145 Å². The largest absolute Gasteiger partial charge is 0.495 e. The van der Waals surface area contributed by atoms with Crippen molar-refractivity contribution in [1.29, 1.82) is 0 Å². The van der Waals surface area contributed by atoms with Crippen LogP contribution in [0.4, 0.5) is 11.4 Å². The standard InChI is InChI=1S/C19H18N4O2/c1-25-18-7-3-2-6-16(18)23-15-8-9-17(21-13-15)19(24)22-12-14-5-4-10-20-11-14/h2-11,13,23H,12H2,1H3,(H,22,24). The van der Waals surface area contributed by atoms with Crippen LogP contribution in [0.1, 0.15) is 16.1 Å². The molecule has 0 unspecified atom stereocenters. The van der Waals surface area contributed by atoms with E-state index in [0.717, 1.165) is 22.7 Å². The van der Waals surface area contributed by atoms with Gasteiger partial charge < -0.3 is 15.4 Å². The number of anilines is 2. The molecule has 0 spiro atoms. The number of para-hydroxylation sites is 2. The SMILES string of the molecule is COc1ccccc1Nc1ccc(C(=O)NCc2cccnc2)nc1. The van der Waals surface area contributed by atoms with Crippen LogP contribution in [0.25, 0.3) is 0 Å². The highest BCUT2D eigenvalue weighted by Crippen LogP contribution is 2.26. The molecule has 0 atom stereocenters. The normalized spacial score (nSPS) is 10.1. The molecule has 0 bridgehead atoms. The van der Waals surface area contributed by atoms with Gasteiger partial charge in [-0.3, -0.25) is 9.78 Å². The zero-order chi connectivity index (χ0) is 17.5. The quantitative estimate of drug-likeness (QED) is 0.724. The molecule has 126 valence electrons. The van der Waals surface area contributed by atoms with Crippen LogP contribution < -0.4 is 15.4 Å². The van der Waals surface area contributed by atoms with Crippen molar-refractivity contribution < 1.29 is 9.53 Å². The molecule has 3 rings (SSSR count). The van der Waals surface area contributed by atoms with Gasteiger partial charge in [0.2, 0.25) is 0 Å². The minimum Gasteiger partial charge on any atom is -0.495 e. The first kappa shape index (κ1) is 16.4. The predicted molar refractivity (Wildman–Crippen MR) is 95.9 cm³/mol. The Morgan fingerprint density at radius 3 is 2.68 bits per heavy atom. The molecule has 6 nitrogen and oxygen atoms in total. The summed E-state index contributed by atoms with van der Waals surface area (Å²) in [6, 6.07) is 14.8. The molecule has 2 aromatic heterocycles. The molecule has 0 radical (unpaired) electrons. The summed E-state index contributed by atoms with van der Waals surface area (Å²) in [6.45, 7) is 0.412. The summed E-state index contributed by atoms with van der Waals surface area (Å²) < 4.78 is 5.30. The van der Waals surface area contributed by atoms with Gasteiger partial charge in [0.1, 0.15) is 11.4 Å². The Morgan fingerprint density at radius 2 is 1.96 bits per heavy atom. The molecular formula is C19H18N4O2. The van der Waals surface area contributed by atoms with Crippen LogP contribution in [0.5, 0.6) is 5.75 Å². The maximum absolute atomic E-state index is 12.2. The van der Waals surface area contributed by atoms with Crippen LogP contribution in [-0.4, -0.2) is 23.0 Å². The van der Waals surface area contributed by atoms with Crippen LogP contribution in [0, 0.1) is 0 Å². The maximum atomic E-state index is 12.2. The molecule has 6 heteroatoms. The van der Waals surface area contributed by atoms with E-state index in [0.29, 0.717) is 12.2 Å². The minimum atomic E-state index is -0.229. The van der Waals surface area contributed by atoms with Crippen LogP contribution in [-0.2, 0) is 6.54 Å². The van der Waals surface area contributed by atoms with E-state index in [1.54, 1.807) is 37.8 Å². The number of aromatic nitrogens is 2. The molecule has 2 N–H and O–H groups in total. The topological polar surface area (TPSA) is 76.1 Å². The van der Waals surface area contributed by atoms with Crippen molar-refractivity contribution in [3.8, 4) is 5.75 Å². The van der Waals surface area contributed by atoms with Crippen molar-refractivity contribution in [2.75, 3.05) is 12.4 Å². The third-order valence-electron chi connectivity index (χ3n) is 3.56. The molecule has 3 aromatic rings. The van der Waals surface area contributed by atoms with E-state index in [-0.39, 0.29) is 5.91 Å². The predicted octanol–water partition coefficient (Wildman–Crippen LogP) is 3.16. The number of methoxy groups -OCH3 is 1. The third-order valence-corrected chi connectivity index (χ3v) is 3.56. The van der Waals surface area contributed by atoms with Crippen LogP contribution in [0.2, 0.25) is 0 Å². The molecule has 0 aliphatic carbocycles. The van der Waals surface area contributed by atoms with E-state index >= 15 is 0 Å². The highest BCUT2D eigenvalue weighted by atomic mass is 16.5. The van der Waals surface area contributed by atoms with Crippen LogP contribution >= 0.6 is 0 Å². The van der Waals surface area contributed by atoms with E-state index in [1.165, 1.54) is 0 Å². The minimum absolute atomic E-state index is 0.229. The molecule has 0 saturated carbocycles. The molecule has 0 fully saturated rings. The fraction of sp³-hybridized carbons (Fsp3) is 0.105. The summed E-state index contributed by atoms with van der Waals surface area (Å²) in [7, 11) is 1.62. The van der Waals surface area contributed by atoms with Crippen molar-refractivity contribution in [2.45, 2.75) is 6.54 Å². The zero-order valence-electron chi connectivity index (χ0n) is 13.8. The Kier molecular flexibility index (Phi) is 5.21. The summed E-state index contributed by atoms with van der Waals surface area (Å²) in [4.78, 5) is 20.4. The Bertz CT molecular complexity index is 836. The average Bonchev–Trinajstić information content (AvgIpc) is 2.68. The first-order chi connectivity index (χ1) is 12.3. The molecular weight excluding hydrogens is 316 g/mol. The summed E-state index contributed by atoms with van der Waals surface area (Å²) in [5.74, 6) is 0.508. The second kappa shape index (κ2) is 7.92. The van der Waals surface area contributed by atoms with Gasteiger partial charge in [0.15, 0.2) is 0 Å². The van der Waals surface area contributed by atoms with E-state index in [4.69, 9.17) is 4.74 Å². The molecule has 1 aromatic carbocycles.